The second-order valence-electron chi connectivity index (χ2n) is 5.21. The number of piperidine rings is 1. The number of anilines is 2. The molecule has 0 bridgehead atoms. The van der Waals surface area contributed by atoms with Crippen LogP contribution in [0.1, 0.15) is 32.3 Å². The van der Waals surface area contributed by atoms with Crippen LogP contribution < -0.4 is 10.2 Å². The second-order valence-corrected chi connectivity index (χ2v) is 5.21. The summed E-state index contributed by atoms with van der Waals surface area (Å²) < 4.78 is 0. The van der Waals surface area contributed by atoms with Crippen LogP contribution in [0, 0.1) is 6.92 Å². The van der Waals surface area contributed by atoms with Crippen molar-refractivity contribution in [1.82, 2.24) is 9.97 Å². The van der Waals surface area contributed by atoms with Gasteiger partial charge >= 0.3 is 0 Å². The molecule has 2 rings (SSSR count). The van der Waals surface area contributed by atoms with Crippen LogP contribution in [-0.4, -0.2) is 40.3 Å². The first kappa shape index (κ1) is 13.1. The molecule has 5 heteroatoms. The van der Waals surface area contributed by atoms with Crippen molar-refractivity contribution in [2.45, 2.75) is 39.2 Å². The average Bonchev–Trinajstić information content (AvgIpc) is 2.32. The van der Waals surface area contributed by atoms with Crippen LogP contribution in [0.25, 0.3) is 0 Å². The predicted molar refractivity (Wildman–Crippen MR) is 73.0 cm³/mol. The number of nitrogens with zero attached hydrogens (tertiary/aromatic N) is 3. The van der Waals surface area contributed by atoms with E-state index < -0.39 is 5.60 Å². The Morgan fingerprint density at radius 3 is 2.72 bits per heavy atom. The van der Waals surface area contributed by atoms with Crippen LogP contribution in [0.15, 0.2) is 6.20 Å². The van der Waals surface area contributed by atoms with Gasteiger partial charge in [0.15, 0.2) is 0 Å². The largest absolute Gasteiger partial charge is 0.390 e. The van der Waals surface area contributed by atoms with Gasteiger partial charge in [0, 0.05) is 31.4 Å². The Morgan fingerprint density at radius 1 is 1.44 bits per heavy atom. The van der Waals surface area contributed by atoms with Crippen molar-refractivity contribution < 1.29 is 5.11 Å². The highest BCUT2D eigenvalue weighted by molar-refractivity contribution is 5.49. The van der Waals surface area contributed by atoms with Crippen molar-refractivity contribution in [1.29, 1.82) is 0 Å². The van der Waals surface area contributed by atoms with Crippen LogP contribution in [0.3, 0.4) is 0 Å². The van der Waals surface area contributed by atoms with Gasteiger partial charge in [-0.15, -0.1) is 0 Å². The van der Waals surface area contributed by atoms with Crippen LogP contribution in [0.5, 0.6) is 0 Å². The minimum atomic E-state index is -0.526. The van der Waals surface area contributed by atoms with E-state index >= 15 is 0 Å². The van der Waals surface area contributed by atoms with Gasteiger partial charge in [-0.1, -0.05) is 0 Å². The molecule has 18 heavy (non-hydrogen) atoms. The maximum Gasteiger partial charge on any atom is 0.224 e. The van der Waals surface area contributed by atoms with Gasteiger partial charge in [0.05, 0.1) is 5.60 Å². The van der Waals surface area contributed by atoms with Crippen molar-refractivity contribution in [2.75, 3.05) is 29.9 Å². The van der Waals surface area contributed by atoms with E-state index in [0.717, 1.165) is 43.9 Å². The zero-order valence-corrected chi connectivity index (χ0v) is 11.4. The van der Waals surface area contributed by atoms with Gasteiger partial charge in [-0.3, -0.25) is 0 Å². The highest BCUT2D eigenvalue weighted by atomic mass is 16.3. The summed E-state index contributed by atoms with van der Waals surface area (Å²) in [4.78, 5) is 11.0. The topological polar surface area (TPSA) is 61.3 Å². The first-order chi connectivity index (χ1) is 8.52. The van der Waals surface area contributed by atoms with Crippen molar-refractivity contribution in [2.24, 2.45) is 0 Å². The lowest BCUT2D eigenvalue weighted by molar-refractivity contribution is 0.0350. The lowest BCUT2D eigenvalue weighted by atomic mass is 9.94. The smallest absolute Gasteiger partial charge is 0.224 e. The molecule has 0 amide bonds. The Bertz CT molecular complexity index is 409. The van der Waals surface area contributed by atoms with Crippen molar-refractivity contribution in [3.05, 3.63) is 11.8 Å². The van der Waals surface area contributed by atoms with E-state index in [4.69, 9.17) is 0 Å². The lowest BCUT2D eigenvalue weighted by Crippen LogP contribution is -2.43. The van der Waals surface area contributed by atoms with E-state index in [1.165, 1.54) is 0 Å². The summed E-state index contributed by atoms with van der Waals surface area (Å²) in [5.41, 5.74) is 0.556. The quantitative estimate of drug-likeness (QED) is 0.852. The molecule has 0 radical (unpaired) electrons. The Morgan fingerprint density at radius 2 is 2.11 bits per heavy atom. The normalized spacial score (nSPS) is 18.8. The van der Waals surface area contributed by atoms with Crippen molar-refractivity contribution in [3.8, 4) is 0 Å². The molecular weight excluding hydrogens is 228 g/mol. The molecule has 0 unspecified atom stereocenters. The molecule has 100 valence electrons. The zero-order chi connectivity index (χ0) is 13.2. The van der Waals surface area contributed by atoms with Crippen LogP contribution >= 0.6 is 0 Å². The van der Waals surface area contributed by atoms with E-state index in [-0.39, 0.29) is 0 Å². The number of aliphatic hydroxyl groups is 1. The highest BCUT2D eigenvalue weighted by Crippen LogP contribution is 2.26. The third kappa shape index (κ3) is 2.90. The summed E-state index contributed by atoms with van der Waals surface area (Å²) in [7, 11) is 0. The zero-order valence-electron chi connectivity index (χ0n) is 11.4. The first-order valence-corrected chi connectivity index (χ1v) is 6.57. The molecule has 0 atom stereocenters. The Labute approximate surface area is 108 Å². The van der Waals surface area contributed by atoms with Crippen LogP contribution in [-0.2, 0) is 0 Å². The van der Waals surface area contributed by atoms with Crippen molar-refractivity contribution >= 4 is 11.8 Å². The third-order valence-electron chi connectivity index (χ3n) is 3.42. The molecule has 1 saturated heterocycles. The van der Waals surface area contributed by atoms with Gasteiger partial charge in [0.25, 0.3) is 0 Å². The fraction of sp³-hybridized carbons (Fsp3) is 0.692. The summed E-state index contributed by atoms with van der Waals surface area (Å²) in [5, 5.41) is 13.1. The molecule has 5 nitrogen and oxygen atoms in total. The summed E-state index contributed by atoms with van der Waals surface area (Å²) in [5.74, 6) is 1.66. The molecule has 0 aliphatic carbocycles. The molecular formula is C13H22N4O. The average molecular weight is 250 g/mol. The molecule has 1 fully saturated rings. The van der Waals surface area contributed by atoms with Gasteiger partial charge < -0.3 is 15.3 Å². The molecule has 0 aromatic carbocycles. The van der Waals surface area contributed by atoms with E-state index in [9.17, 15) is 5.11 Å². The summed E-state index contributed by atoms with van der Waals surface area (Å²) in [6, 6.07) is 0. The SMILES string of the molecule is CCNc1ncc(C)c(N2CCC(C)(O)CC2)n1. The Hall–Kier alpha value is -1.36. The van der Waals surface area contributed by atoms with E-state index in [2.05, 4.69) is 20.2 Å². The molecule has 2 heterocycles. The number of hydrogen-bond acceptors (Lipinski definition) is 5. The standard InChI is InChI=1S/C13H22N4O/c1-4-14-12-15-9-10(2)11(16-12)17-7-5-13(3,18)6-8-17/h9,18H,4-8H2,1-3H3,(H,14,15,16). The van der Waals surface area contributed by atoms with Crippen LogP contribution in [0.4, 0.5) is 11.8 Å². The molecule has 1 aromatic rings. The highest BCUT2D eigenvalue weighted by Gasteiger charge is 2.28. The fourth-order valence-electron chi connectivity index (χ4n) is 2.20. The minimum absolute atomic E-state index is 0.526. The van der Waals surface area contributed by atoms with E-state index in [1.807, 2.05) is 27.0 Å². The molecule has 1 aromatic heterocycles. The second kappa shape index (κ2) is 5.10. The minimum Gasteiger partial charge on any atom is -0.390 e. The van der Waals surface area contributed by atoms with Gasteiger partial charge in [-0.2, -0.15) is 4.98 Å². The van der Waals surface area contributed by atoms with E-state index in [1.54, 1.807) is 0 Å². The fourth-order valence-corrected chi connectivity index (χ4v) is 2.20. The van der Waals surface area contributed by atoms with Gasteiger partial charge in [0.1, 0.15) is 5.82 Å². The molecule has 2 N–H and O–H groups in total. The third-order valence-corrected chi connectivity index (χ3v) is 3.42. The molecule has 1 aliphatic heterocycles. The summed E-state index contributed by atoms with van der Waals surface area (Å²) in [6.45, 7) is 8.46. The number of nitrogens with one attached hydrogen (secondary N) is 1. The monoisotopic (exact) mass is 250 g/mol. The predicted octanol–water partition coefficient (Wildman–Crippen LogP) is 1.57. The molecule has 0 spiro atoms. The maximum absolute atomic E-state index is 9.98. The summed E-state index contributed by atoms with van der Waals surface area (Å²) in [6.07, 6.45) is 3.42. The molecule has 1 aliphatic rings. The number of aryl methyl sites for hydroxylation is 1. The van der Waals surface area contributed by atoms with E-state index in [0.29, 0.717) is 5.95 Å². The molecule has 0 saturated carbocycles. The maximum atomic E-state index is 9.98. The van der Waals surface area contributed by atoms with Gasteiger partial charge in [-0.05, 0) is 33.6 Å². The van der Waals surface area contributed by atoms with Crippen molar-refractivity contribution in [3.63, 3.8) is 0 Å². The number of hydrogen-bond donors (Lipinski definition) is 2. The van der Waals surface area contributed by atoms with Crippen LogP contribution in [0.2, 0.25) is 0 Å². The number of aromatic nitrogens is 2. The Balaban J connectivity index is 2.15. The Kier molecular flexibility index (Phi) is 3.71. The van der Waals surface area contributed by atoms with Gasteiger partial charge in [-0.25, -0.2) is 4.98 Å². The lowest BCUT2D eigenvalue weighted by Gasteiger charge is -2.37. The number of rotatable bonds is 3. The first-order valence-electron chi connectivity index (χ1n) is 6.57. The van der Waals surface area contributed by atoms with Gasteiger partial charge in [0.2, 0.25) is 5.95 Å². The summed E-state index contributed by atoms with van der Waals surface area (Å²) >= 11 is 0.